The van der Waals surface area contributed by atoms with Gasteiger partial charge >= 0.3 is 13.8 Å². The highest BCUT2D eigenvalue weighted by Gasteiger charge is 2.28. The molecule has 0 heterocycles. The quantitative estimate of drug-likeness (QED) is 0.179. The fourth-order valence-electron chi connectivity index (χ4n) is 1.28. The van der Waals surface area contributed by atoms with Crippen molar-refractivity contribution < 1.29 is 28.0 Å². The summed E-state index contributed by atoms with van der Waals surface area (Å²) >= 11 is 0. The second kappa shape index (κ2) is 11.2. The maximum Gasteiger partial charge on any atom is 0.510 e. The Hall–Kier alpha value is -0.680. The standard InChI is InChI=1S/C12H23O6P/c1-4-6-7-8-9-10-11-16-19(14,15-3)18-17-12(13)5-2/h5H,2,4,6-11H2,1,3H3. The van der Waals surface area contributed by atoms with Gasteiger partial charge in [0.1, 0.15) is 0 Å². The molecule has 0 fully saturated rings. The molecule has 19 heavy (non-hydrogen) atoms. The first-order valence-electron chi connectivity index (χ1n) is 6.41. The van der Waals surface area contributed by atoms with Crippen LogP contribution in [0.3, 0.4) is 0 Å². The zero-order valence-corrected chi connectivity index (χ0v) is 12.5. The second-order valence-corrected chi connectivity index (χ2v) is 5.58. The Morgan fingerprint density at radius 1 is 1.21 bits per heavy atom. The maximum absolute atomic E-state index is 11.8. The number of carbonyl (C=O) groups excluding carboxylic acids is 1. The molecule has 0 radical (unpaired) electrons. The van der Waals surface area contributed by atoms with Crippen LogP contribution in [0, 0.1) is 0 Å². The van der Waals surface area contributed by atoms with Gasteiger partial charge in [0.2, 0.25) is 0 Å². The van der Waals surface area contributed by atoms with E-state index >= 15 is 0 Å². The second-order valence-electron chi connectivity index (χ2n) is 3.91. The van der Waals surface area contributed by atoms with E-state index in [2.05, 4.69) is 27.6 Å². The van der Waals surface area contributed by atoms with Crippen molar-refractivity contribution in [3.05, 3.63) is 12.7 Å². The summed E-state index contributed by atoms with van der Waals surface area (Å²) in [6, 6.07) is 0. The van der Waals surface area contributed by atoms with Gasteiger partial charge in [-0.25, -0.2) is 9.36 Å². The predicted molar refractivity (Wildman–Crippen MR) is 71.3 cm³/mol. The van der Waals surface area contributed by atoms with Gasteiger partial charge in [0.05, 0.1) is 6.61 Å². The summed E-state index contributed by atoms with van der Waals surface area (Å²) < 4.78 is 25.7. The summed E-state index contributed by atoms with van der Waals surface area (Å²) in [5.74, 6) is -0.861. The molecule has 1 unspecified atom stereocenters. The van der Waals surface area contributed by atoms with Crippen LogP contribution in [-0.2, 0) is 28.0 Å². The molecular formula is C12H23O6P. The molecule has 0 saturated carbocycles. The number of carbonyl (C=O) groups is 1. The molecule has 0 aromatic rings. The lowest BCUT2D eigenvalue weighted by molar-refractivity contribution is -0.218. The Bertz CT molecular complexity index is 305. The lowest BCUT2D eigenvalue weighted by atomic mass is 10.1. The van der Waals surface area contributed by atoms with Crippen LogP contribution in [0.5, 0.6) is 0 Å². The van der Waals surface area contributed by atoms with Gasteiger partial charge in [0.15, 0.2) is 0 Å². The Balaban J connectivity index is 3.76. The zero-order chi connectivity index (χ0) is 14.6. The first-order valence-corrected chi connectivity index (χ1v) is 7.87. The van der Waals surface area contributed by atoms with Crippen molar-refractivity contribution in [3.8, 4) is 0 Å². The van der Waals surface area contributed by atoms with E-state index in [0.717, 1.165) is 32.4 Å². The van der Waals surface area contributed by atoms with E-state index in [1.54, 1.807) is 0 Å². The van der Waals surface area contributed by atoms with Crippen molar-refractivity contribution in [2.75, 3.05) is 13.7 Å². The summed E-state index contributed by atoms with van der Waals surface area (Å²) in [6.45, 7) is 5.55. The number of hydrogen-bond donors (Lipinski definition) is 0. The van der Waals surface area contributed by atoms with Crippen molar-refractivity contribution >= 4 is 13.8 Å². The topological polar surface area (TPSA) is 71.1 Å². The first-order chi connectivity index (χ1) is 9.08. The zero-order valence-electron chi connectivity index (χ0n) is 11.6. The summed E-state index contributed by atoms with van der Waals surface area (Å²) in [6.07, 6.45) is 7.32. The van der Waals surface area contributed by atoms with E-state index in [9.17, 15) is 9.36 Å². The van der Waals surface area contributed by atoms with Gasteiger partial charge in [-0.15, -0.1) is 0 Å². The minimum Gasteiger partial charge on any atom is -0.288 e. The lowest BCUT2D eigenvalue weighted by Gasteiger charge is -2.13. The molecule has 0 bridgehead atoms. The van der Waals surface area contributed by atoms with Crippen molar-refractivity contribution in [3.63, 3.8) is 0 Å². The van der Waals surface area contributed by atoms with Crippen LogP contribution in [0.1, 0.15) is 45.4 Å². The summed E-state index contributed by atoms with van der Waals surface area (Å²) in [5.41, 5.74) is 0. The van der Waals surface area contributed by atoms with Crippen LogP contribution in [0.2, 0.25) is 0 Å². The minimum atomic E-state index is -3.82. The third kappa shape index (κ3) is 9.85. The largest absolute Gasteiger partial charge is 0.510 e. The lowest BCUT2D eigenvalue weighted by Crippen LogP contribution is -2.04. The molecule has 0 aliphatic carbocycles. The summed E-state index contributed by atoms with van der Waals surface area (Å²) in [4.78, 5) is 14.9. The van der Waals surface area contributed by atoms with Gasteiger partial charge in [-0.3, -0.25) is 13.9 Å². The van der Waals surface area contributed by atoms with Gasteiger partial charge in [-0.2, -0.15) is 0 Å². The Labute approximate surface area is 114 Å². The molecule has 0 aromatic heterocycles. The molecule has 0 aromatic carbocycles. The molecule has 0 aliphatic rings. The summed E-state index contributed by atoms with van der Waals surface area (Å²) in [5, 5.41) is 0. The van der Waals surface area contributed by atoms with E-state index in [0.29, 0.717) is 0 Å². The molecule has 7 heteroatoms. The SMILES string of the molecule is C=CC(=O)OOP(=O)(OC)OCCCCCCCC. The van der Waals surface area contributed by atoms with Gasteiger partial charge in [0.25, 0.3) is 0 Å². The molecule has 6 nitrogen and oxygen atoms in total. The van der Waals surface area contributed by atoms with Crippen molar-refractivity contribution in [1.29, 1.82) is 0 Å². The van der Waals surface area contributed by atoms with Crippen molar-refractivity contribution in [2.24, 2.45) is 0 Å². The molecule has 0 aliphatic heterocycles. The van der Waals surface area contributed by atoms with Crippen LogP contribution < -0.4 is 0 Å². The Kier molecular flexibility index (Phi) is 10.8. The predicted octanol–water partition coefficient (Wildman–Crippen LogP) is 3.78. The van der Waals surface area contributed by atoms with E-state index in [4.69, 9.17) is 4.52 Å². The van der Waals surface area contributed by atoms with E-state index in [1.807, 2.05) is 0 Å². The molecule has 0 saturated heterocycles. The Morgan fingerprint density at radius 3 is 2.42 bits per heavy atom. The molecule has 0 amide bonds. The number of unbranched alkanes of at least 4 members (excludes halogenated alkanes) is 5. The molecule has 0 N–H and O–H groups in total. The van der Waals surface area contributed by atoms with Gasteiger partial charge < -0.3 is 0 Å². The average molecular weight is 294 g/mol. The summed E-state index contributed by atoms with van der Waals surface area (Å²) in [7, 11) is -2.66. The van der Waals surface area contributed by atoms with Crippen molar-refractivity contribution in [1.82, 2.24) is 0 Å². The van der Waals surface area contributed by atoms with Crippen LogP contribution in [0.15, 0.2) is 12.7 Å². The number of rotatable bonds is 12. The molecule has 0 rings (SSSR count). The highest BCUT2D eigenvalue weighted by Crippen LogP contribution is 2.48. The normalized spacial score (nSPS) is 13.8. The fourth-order valence-corrected chi connectivity index (χ4v) is 2.01. The number of phosphoric acid groups is 1. The van der Waals surface area contributed by atoms with Crippen LogP contribution >= 0.6 is 7.82 Å². The fraction of sp³-hybridized carbons (Fsp3) is 0.750. The van der Waals surface area contributed by atoms with Gasteiger partial charge in [-0.1, -0.05) is 50.3 Å². The molecule has 112 valence electrons. The van der Waals surface area contributed by atoms with Crippen molar-refractivity contribution in [2.45, 2.75) is 45.4 Å². The third-order valence-corrected chi connectivity index (χ3v) is 3.55. The smallest absolute Gasteiger partial charge is 0.288 e. The average Bonchev–Trinajstić information content (AvgIpc) is 2.43. The third-order valence-electron chi connectivity index (χ3n) is 2.35. The van der Waals surface area contributed by atoms with Crippen LogP contribution in [0.4, 0.5) is 0 Å². The van der Waals surface area contributed by atoms with Crippen LogP contribution in [0.25, 0.3) is 0 Å². The van der Waals surface area contributed by atoms with E-state index < -0.39 is 13.8 Å². The monoisotopic (exact) mass is 294 g/mol. The molecular weight excluding hydrogens is 271 g/mol. The van der Waals surface area contributed by atoms with Gasteiger partial charge in [0, 0.05) is 13.2 Å². The molecule has 1 atom stereocenters. The number of hydrogen-bond acceptors (Lipinski definition) is 6. The molecule has 0 spiro atoms. The Morgan fingerprint density at radius 2 is 1.84 bits per heavy atom. The highest BCUT2D eigenvalue weighted by molar-refractivity contribution is 7.48. The minimum absolute atomic E-state index is 0.225. The van der Waals surface area contributed by atoms with E-state index in [1.165, 1.54) is 19.3 Å². The first kappa shape index (κ1) is 18.3. The van der Waals surface area contributed by atoms with E-state index in [-0.39, 0.29) is 6.61 Å². The highest BCUT2D eigenvalue weighted by atomic mass is 31.2. The maximum atomic E-state index is 11.8. The number of phosphoric ester groups is 1. The van der Waals surface area contributed by atoms with Gasteiger partial charge in [-0.05, 0) is 6.42 Å². The van der Waals surface area contributed by atoms with Crippen LogP contribution in [-0.4, -0.2) is 19.7 Å².